The molecule has 0 aliphatic heterocycles. The van der Waals surface area contributed by atoms with Crippen molar-refractivity contribution in [1.82, 2.24) is 0 Å². The van der Waals surface area contributed by atoms with Crippen molar-refractivity contribution in [3.8, 4) is 0 Å². The van der Waals surface area contributed by atoms with Crippen molar-refractivity contribution in [1.29, 1.82) is 0 Å². The van der Waals surface area contributed by atoms with Crippen LogP contribution in [0.15, 0.2) is 0 Å². The van der Waals surface area contributed by atoms with Gasteiger partial charge in [-0.05, 0) is 39.3 Å². The molecule has 1 nitrogen and oxygen atoms in total. The van der Waals surface area contributed by atoms with Crippen molar-refractivity contribution >= 4 is 15.6 Å². The van der Waals surface area contributed by atoms with Crippen molar-refractivity contribution < 1.29 is 16.8 Å². The van der Waals surface area contributed by atoms with Crippen molar-refractivity contribution in [2.45, 2.75) is 79.3 Å². The predicted molar refractivity (Wildman–Crippen MR) is 100 cm³/mol. The number of rotatable bonds is 13. The van der Waals surface area contributed by atoms with E-state index in [2.05, 4.69) is 40.8 Å². The average Bonchev–Trinajstić information content (AvgIpc) is 2.40. The van der Waals surface area contributed by atoms with E-state index < -0.39 is 15.6 Å². The van der Waals surface area contributed by atoms with Crippen LogP contribution in [0.25, 0.3) is 0 Å². The first kappa shape index (κ1) is 24.2. The summed E-state index contributed by atoms with van der Waals surface area (Å²) in [5, 5.41) is 0. The summed E-state index contributed by atoms with van der Waals surface area (Å²) in [6, 6.07) is 0. The van der Waals surface area contributed by atoms with Crippen LogP contribution in [0.2, 0.25) is 13.1 Å². The minimum absolute atomic E-state index is 0. The van der Waals surface area contributed by atoms with Crippen molar-refractivity contribution in [3.05, 3.63) is 0 Å². The Morgan fingerprint density at radius 3 is 1.43 bits per heavy atom. The van der Waals surface area contributed by atoms with Crippen LogP contribution in [0, 0.1) is 0 Å². The monoisotopic (exact) mass is 354 g/mol. The van der Waals surface area contributed by atoms with E-state index in [0.29, 0.717) is 0 Å². The molecule has 0 amide bonds. The van der Waals surface area contributed by atoms with Gasteiger partial charge in [0.2, 0.25) is 8.32 Å². The van der Waals surface area contributed by atoms with E-state index in [1.807, 2.05) is 0 Å². The van der Waals surface area contributed by atoms with Crippen LogP contribution in [-0.2, 0) is 4.43 Å². The topological polar surface area (TPSA) is 9.23 Å². The van der Waals surface area contributed by atoms with Crippen molar-refractivity contribution in [2.75, 3.05) is 30.9 Å². The number of halogens is 1. The minimum atomic E-state index is -1.44. The molecule has 0 saturated carbocycles. The largest absolute Gasteiger partial charge is 1.00 e. The van der Waals surface area contributed by atoms with Crippen LogP contribution >= 0.6 is 7.26 Å². The van der Waals surface area contributed by atoms with Gasteiger partial charge in [-0.15, -0.1) is 0 Å². The van der Waals surface area contributed by atoms with Crippen molar-refractivity contribution in [2.24, 2.45) is 0 Å². The van der Waals surface area contributed by atoms with Crippen LogP contribution in [0.1, 0.15) is 66.2 Å². The highest BCUT2D eigenvalue weighted by Crippen LogP contribution is 2.62. The van der Waals surface area contributed by atoms with Gasteiger partial charge in [0.05, 0.1) is 24.3 Å². The number of unbranched alkanes of at least 4 members (excludes halogenated alkanes) is 3. The van der Waals surface area contributed by atoms with Crippen LogP contribution in [0.3, 0.4) is 0 Å². The second-order valence-corrected chi connectivity index (χ2v) is 16.0. The normalized spacial score (nSPS) is 12.3. The molecule has 0 aliphatic carbocycles. The molecule has 21 heavy (non-hydrogen) atoms. The van der Waals surface area contributed by atoms with Gasteiger partial charge in [0.15, 0.2) is 0 Å². The molecule has 0 saturated heterocycles. The van der Waals surface area contributed by atoms with Crippen LogP contribution in [0.5, 0.6) is 0 Å². The summed E-state index contributed by atoms with van der Waals surface area (Å²) < 4.78 is 6.19. The molecule has 0 aliphatic rings. The van der Waals surface area contributed by atoms with Crippen LogP contribution in [0.4, 0.5) is 0 Å². The molecule has 0 unspecified atom stereocenters. The second kappa shape index (κ2) is 13.3. The molecule has 0 spiro atoms. The van der Waals surface area contributed by atoms with E-state index in [9.17, 15) is 0 Å². The van der Waals surface area contributed by atoms with E-state index in [4.69, 9.17) is 4.43 Å². The van der Waals surface area contributed by atoms with Gasteiger partial charge in [-0.25, -0.2) is 0 Å². The molecule has 0 aromatic heterocycles. The van der Waals surface area contributed by atoms with E-state index in [0.717, 1.165) is 6.61 Å². The fraction of sp³-hybridized carbons (Fsp3) is 1.00. The highest BCUT2D eigenvalue weighted by molar-refractivity contribution is 7.77. The quantitative estimate of drug-likeness (QED) is 0.364. The third-order valence-electron chi connectivity index (χ3n) is 4.21. The highest BCUT2D eigenvalue weighted by Gasteiger charge is 2.43. The SMILES string of the molecule is CCCC[P+](CCCC)(CCCC)C[Si](C)(C)OCC.[Cl-]. The molecule has 0 radical (unpaired) electrons. The van der Waals surface area contributed by atoms with Gasteiger partial charge in [-0.1, -0.05) is 40.0 Å². The van der Waals surface area contributed by atoms with Gasteiger partial charge in [0, 0.05) is 13.9 Å². The molecule has 130 valence electrons. The summed E-state index contributed by atoms with van der Waals surface area (Å²) in [5.41, 5.74) is 0. The lowest BCUT2D eigenvalue weighted by Gasteiger charge is -2.34. The zero-order valence-electron chi connectivity index (χ0n) is 15.5. The zero-order chi connectivity index (χ0) is 15.5. The summed E-state index contributed by atoms with van der Waals surface area (Å²) in [4.78, 5) is 0. The maximum Gasteiger partial charge on any atom is 0.224 e. The molecule has 0 fully saturated rings. The van der Waals surface area contributed by atoms with Crippen molar-refractivity contribution in [3.63, 3.8) is 0 Å². The Balaban J connectivity index is 0. The van der Waals surface area contributed by atoms with E-state index in [1.54, 1.807) is 0 Å². The molecule has 4 heteroatoms. The van der Waals surface area contributed by atoms with Gasteiger partial charge in [-0.2, -0.15) is 0 Å². The molecule has 0 bridgehead atoms. The molecular weight excluding hydrogens is 315 g/mol. The average molecular weight is 355 g/mol. The standard InChI is InChI=1S/C17H40OPSi.ClH/c1-7-11-14-19(15-12-8-2,16-13-9-3)17-20(5,6)18-10-4;/h7-17H2,1-6H3;1H/q+1;/p-1. The smallest absolute Gasteiger partial charge is 0.224 e. The Bertz CT molecular complexity index is 215. The summed E-state index contributed by atoms with van der Waals surface area (Å²) in [5.74, 6) is 1.48. The third kappa shape index (κ3) is 11.1. The lowest BCUT2D eigenvalue weighted by Crippen LogP contribution is -3.00. The fourth-order valence-electron chi connectivity index (χ4n) is 3.30. The Morgan fingerprint density at radius 2 is 1.14 bits per heavy atom. The Hall–Kier alpha value is 0.897. The number of hydrogen-bond acceptors (Lipinski definition) is 1. The Kier molecular flexibility index (Phi) is 15.4. The first-order valence-electron chi connectivity index (χ1n) is 8.94. The number of hydrogen-bond donors (Lipinski definition) is 0. The van der Waals surface area contributed by atoms with Crippen LogP contribution in [-0.4, -0.2) is 39.2 Å². The van der Waals surface area contributed by atoms with Gasteiger partial charge in [0.25, 0.3) is 0 Å². The third-order valence-corrected chi connectivity index (χ3v) is 14.8. The first-order chi connectivity index (χ1) is 9.45. The summed E-state index contributed by atoms with van der Waals surface area (Å²) in [6.45, 7) is 15.0. The minimum Gasteiger partial charge on any atom is -1.00 e. The molecule has 0 heterocycles. The van der Waals surface area contributed by atoms with Gasteiger partial charge < -0.3 is 16.8 Å². The maximum atomic E-state index is 6.19. The molecule has 0 atom stereocenters. The highest BCUT2D eigenvalue weighted by atomic mass is 35.5. The molecular formula is C17H40ClOPSi. The van der Waals surface area contributed by atoms with Gasteiger partial charge in [-0.3, -0.25) is 0 Å². The van der Waals surface area contributed by atoms with Gasteiger partial charge >= 0.3 is 0 Å². The van der Waals surface area contributed by atoms with Gasteiger partial charge in [0.1, 0.15) is 0 Å². The Morgan fingerprint density at radius 1 is 0.762 bits per heavy atom. The maximum absolute atomic E-state index is 6.19. The predicted octanol–water partition coefficient (Wildman–Crippen LogP) is 3.19. The van der Waals surface area contributed by atoms with Crippen LogP contribution < -0.4 is 12.4 Å². The fourth-order valence-corrected chi connectivity index (χ4v) is 16.4. The molecule has 0 aromatic rings. The van der Waals surface area contributed by atoms with E-state index in [1.165, 1.54) is 62.8 Å². The first-order valence-corrected chi connectivity index (χ1v) is 14.6. The lowest BCUT2D eigenvalue weighted by atomic mass is 10.4. The molecule has 0 aromatic carbocycles. The zero-order valence-corrected chi connectivity index (χ0v) is 18.2. The molecule has 0 N–H and O–H groups in total. The summed E-state index contributed by atoms with van der Waals surface area (Å²) in [7, 11) is -2.20. The van der Waals surface area contributed by atoms with E-state index in [-0.39, 0.29) is 12.4 Å². The Labute approximate surface area is 142 Å². The second-order valence-electron chi connectivity index (χ2n) is 6.92. The summed E-state index contributed by atoms with van der Waals surface area (Å²) >= 11 is 0. The molecule has 0 rings (SSSR count). The summed E-state index contributed by atoms with van der Waals surface area (Å²) in [6.07, 6.45) is 13.0. The lowest BCUT2D eigenvalue weighted by molar-refractivity contribution is -0.00000600. The van der Waals surface area contributed by atoms with E-state index >= 15 is 0 Å².